The average Bonchev–Trinajstić information content (AvgIpc) is 2.92. The van der Waals surface area contributed by atoms with Crippen molar-refractivity contribution >= 4 is 23.3 Å². The largest absolute Gasteiger partial charge is 0.493 e. The van der Waals surface area contributed by atoms with Crippen LogP contribution in [0.15, 0.2) is 18.2 Å². The van der Waals surface area contributed by atoms with Crippen molar-refractivity contribution in [2.24, 2.45) is 11.3 Å². The summed E-state index contributed by atoms with van der Waals surface area (Å²) in [5.74, 6) is 0.872. The van der Waals surface area contributed by atoms with Crippen molar-refractivity contribution in [3.63, 3.8) is 0 Å². The number of carbonyl (C=O) groups is 1. The van der Waals surface area contributed by atoms with Gasteiger partial charge in [-0.15, -0.1) is 0 Å². The molecule has 1 aromatic carbocycles. The molecule has 2 fully saturated rings. The van der Waals surface area contributed by atoms with Crippen LogP contribution >= 0.6 is 11.6 Å². The highest BCUT2D eigenvalue weighted by Crippen LogP contribution is 2.52. The number of benzene rings is 1. The summed E-state index contributed by atoms with van der Waals surface area (Å²) in [5, 5.41) is 6.35. The molecular weight excluding hydrogens is 304 g/mol. The number of nitrogens with one attached hydrogen (secondary N) is 2. The first-order valence-corrected chi connectivity index (χ1v) is 7.84. The zero-order valence-electron chi connectivity index (χ0n) is 13.0. The van der Waals surface area contributed by atoms with Crippen LogP contribution in [0, 0.1) is 11.3 Å². The van der Waals surface area contributed by atoms with Crippen LogP contribution < -0.4 is 15.4 Å². The van der Waals surface area contributed by atoms with E-state index in [0.717, 1.165) is 13.0 Å². The SMILES string of the molecule is COc1c(Cl)cccc1NC(=O)N[C@@H]1[C@H]2CCO[C@@H]2C1(C)C. The van der Waals surface area contributed by atoms with Crippen LogP contribution in [0.2, 0.25) is 5.02 Å². The maximum atomic E-state index is 12.3. The highest BCUT2D eigenvalue weighted by atomic mass is 35.5. The fourth-order valence-electron chi connectivity index (χ4n) is 3.73. The molecule has 1 saturated carbocycles. The maximum Gasteiger partial charge on any atom is 0.319 e. The summed E-state index contributed by atoms with van der Waals surface area (Å²) < 4.78 is 11.0. The van der Waals surface area contributed by atoms with Gasteiger partial charge in [-0.3, -0.25) is 0 Å². The third-order valence-electron chi connectivity index (χ3n) is 4.81. The van der Waals surface area contributed by atoms with Gasteiger partial charge in [0.2, 0.25) is 0 Å². The van der Waals surface area contributed by atoms with E-state index in [-0.39, 0.29) is 23.6 Å². The van der Waals surface area contributed by atoms with Gasteiger partial charge in [0.05, 0.1) is 23.9 Å². The molecule has 2 N–H and O–H groups in total. The fraction of sp³-hybridized carbons (Fsp3) is 0.562. The van der Waals surface area contributed by atoms with Crippen molar-refractivity contribution in [3.8, 4) is 5.75 Å². The van der Waals surface area contributed by atoms with Crippen molar-refractivity contribution in [2.45, 2.75) is 32.4 Å². The Morgan fingerprint density at radius 2 is 2.23 bits per heavy atom. The number of hydrogen-bond acceptors (Lipinski definition) is 3. The van der Waals surface area contributed by atoms with Gasteiger partial charge < -0.3 is 20.1 Å². The number of carbonyl (C=O) groups excluding carboxylic acids is 1. The smallest absolute Gasteiger partial charge is 0.319 e. The molecule has 120 valence electrons. The Hall–Kier alpha value is -1.46. The van der Waals surface area contributed by atoms with Gasteiger partial charge in [0.15, 0.2) is 5.75 Å². The van der Waals surface area contributed by atoms with Crippen LogP contribution in [0.3, 0.4) is 0 Å². The Kier molecular flexibility index (Phi) is 3.95. The average molecular weight is 325 g/mol. The molecule has 5 nitrogen and oxygen atoms in total. The van der Waals surface area contributed by atoms with E-state index in [1.807, 2.05) is 0 Å². The molecule has 0 unspecified atom stereocenters. The predicted octanol–water partition coefficient (Wildman–Crippen LogP) is 3.28. The lowest BCUT2D eigenvalue weighted by molar-refractivity contribution is -0.107. The Bertz CT molecular complexity index is 591. The number of urea groups is 1. The van der Waals surface area contributed by atoms with E-state index in [1.165, 1.54) is 7.11 Å². The molecule has 6 heteroatoms. The number of hydrogen-bond donors (Lipinski definition) is 2. The Labute approximate surface area is 135 Å². The minimum absolute atomic E-state index is 0.0447. The van der Waals surface area contributed by atoms with Gasteiger partial charge in [-0.05, 0) is 18.6 Å². The van der Waals surface area contributed by atoms with E-state index in [0.29, 0.717) is 22.4 Å². The monoisotopic (exact) mass is 324 g/mol. The first-order valence-electron chi connectivity index (χ1n) is 7.46. The quantitative estimate of drug-likeness (QED) is 0.897. The maximum absolute atomic E-state index is 12.3. The summed E-state index contributed by atoms with van der Waals surface area (Å²) in [6.07, 6.45) is 1.25. The fourth-order valence-corrected chi connectivity index (χ4v) is 3.98. The lowest BCUT2D eigenvalue weighted by Gasteiger charge is -2.54. The van der Waals surface area contributed by atoms with Crippen LogP contribution in [0.5, 0.6) is 5.75 Å². The first-order chi connectivity index (χ1) is 10.4. The molecule has 1 aromatic rings. The van der Waals surface area contributed by atoms with Gasteiger partial charge in [0, 0.05) is 24.0 Å². The topological polar surface area (TPSA) is 59.6 Å². The molecule has 3 atom stereocenters. The summed E-state index contributed by atoms with van der Waals surface area (Å²) in [4.78, 5) is 12.3. The van der Waals surface area contributed by atoms with Gasteiger partial charge in [-0.25, -0.2) is 4.79 Å². The lowest BCUT2D eigenvalue weighted by Crippen LogP contribution is -2.67. The Morgan fingerprint density at radius 3 is 2.95 bits per heavy atom. The second kappa shape index (κ2) is 5.63. The minimum atomic E-state index is -0.246. The molecule has 1 saturated heterocycles. The van der Waals surface area contributed by atoms with E-state index in [1.54, 1.807) is 18.2 Å². The molecule has 2 amide bonds. The molecule has 1 aliphatic heterocycles. The van der Waals surface area contributed by atoms with Gasteiger partial charge in [0.1, 0.15) is 0 Å². The predicted molar refractivity (Wildman–Crippen MR) is 85.6 cm³/mol. The number of ether oxygens (including phenoxy) is 2. The third kappa shape index (κ3) is 2.42. The normalized spacial score (nSPS) is 28.5. The van der Waals surface area contributed by atoms with Gasteiger partial charge in [-0.1, -0.05) is 31.5 Å². The van der Waals surface area contributed by atoms with Gasteiger partial charge in [0.25, 0.3) is 0 Å². The van der Waals surface area contributed by atoms with Crippen molar-refractivity contribution in [2.75, 3.05) is 19.0 Å². The molecule has 1 heterocycles. The van der Waals surface area contributed by atoms with Crippen molar-refractivity contribution < 1.29 is 14.3 Å². The zero-order valence-corrected chi connectivity index (χ0v) is 13.7. The minimum Gasteiger partial charge on any atom is -0.493 e. The summed E-state index contributed by atoms with van der Waals surface area (Å²) in [6.45, 7) is 5.04. The second-order valence-electron chi connectivity index (χ2n) is 6.46. The van der Waals surface area contributed by atoms with Crippen LogP contribution in [-0.2, 0) is 4.74 Å². The molecule has 3 rings (SSSR count). The number of amides is 2. The zero-order chi connectivity index (χ0) is 15.9. The number of para-hydroxylation sites is 1. The standard InChI is InChI=1S/C16H21ClN2O3/c1-16(2)13(9-7-8-22-14(9)16)19-15(20)18-11-6-4-5-10(17)12(11)21-3/h4-6,9,13-14H,7-8H2,1-3H3,(H2,18,19,20)/t9-,13-,14+/m1/s1. The van der Waals surface area contributed by atoms with E-state index in [9.17, 15) is 4.79 Å². The third-order valence-corrected chi connectivity index (χ3v) is 5.10. The highest BCUT2D eigenvalue weighted by Gasteiger charge is 2.59. The van der Waals surface area contributed by atoms with Crippen molar-refractivity contribution in [1.82, 2.24) is 5.32 Å². The molecule has 0 spiro atoms. The van der Waals surface area contributed by atoms with E-state index >= 15 is 0 Å². The van der Waals surface area contributed by atoms with Crippen LogP contribution in [0.25, 0.3) is 0 Å². The van der Waals surface area contributed by atoms with E-state index in [4.69, 9.17) is 21.1 Å². The second-order valence-corrected chi connectivity index (χ2v) is 6.87. The lowest BCUT2D eigenvalue weighted by atomic mass is 9.57. The molecule has 2 aliphatic rings. The molecule has 22 heavy (non-hydrogen) atoms. The number of methoxy groups -OCH3 is 1. The summed E-state index contributed by atoms with van der Waals surface area (Å²) in [7, 11) is 1.53. The molecule has 0 bridgehead atoms. The number of fused-ring (bicyclic) bond motifs is 1. The summed E-state index contributed by atoms with van der Waals surface area (Å²) in [6, 6.07) is 5.12. The van der Waals surface area contributed by atoms with E-state index < -0.39 is 0 Å². The molecule has 1 aliphatic carbocycles. The Balaban J connectivity index is 1.68. The molecular formula is C16H21ClN2O3. The molecule has 0 radical (unpaired) electrons. The van der Waals surface area contributed by atoms with Crippen molar-refractivity contribution in [3.05, 3.63) is 23.2 Å². The number of rotatable bonds is 3. The highest BCUT2D eigenvalue weighted by molar-refractivity contribution is 6.32. The van der Waals surface area contributed by atoms with Crippen molar-refractivity contribution in [1.29, 1.82) is 0 Å². The summed E-state index contributed by atoms with van der Waals surface area (Å²) in [5.41, 5.74) is 0.514. The van der Waals surface area contributed by atoms with Crippen LogP contribution in [0.4, 0.5) is 10.5 Å². The van der Waals surface area contributed by atoms with Crippen LogP contribution in [0.1, 0.15) is 20.3 Å². The summed E-state index contributed by atoms with van der Waals surface area (Å²) >= 11 is 6.06. The number of anilines is 1. The van der Waals surface area contributed by atoms with E-state index in [2.05, 4.69) is 24.5 Å². The Morgan fingerprint density at radius 1 is 1.45 bits per heavy atom. The van der Waals surface area contributed by atoms with Gasteiger partial charge >= 0.3 is 6.03 Å². The number of halogens is 1. The molecule has 0 aromatic heterocycles. The van der Waals surface area contributed by atoms with Gasteiger partial charge in [-0.2, -0.15) is 0 Å². The first kappa shape index (κ1) is 15.4. The van der Waals surface area contributed by atoms with Crippen LogP contribution in [-0.4, -0.2) is 31.9 Å².